The molecule has 0 radical (unpaired) electrons. The number of carbonyl (C=O) groups excluding carboxylic acids is 1. The molecule has 0 aromatic heterocycles. The molecule has 0 saturated carbocycles. The number of fused-ring (bicyclic) bond motifs is 1. The van der Waals surface area contributed by atoms with Gasteiger partial charge in [0.05, 0.1) is 12.0 Å². The first-order valence-corrected chi connectivity index (χ1v) is 14.0. The first kappa shape index (κ1) is 26.5. The van der Waals surface area contributed by atoms with Gasteiger partial charge in [-0.15, -0.1) is 0 Å². The number of nitrogens with zero attached hydrogens (tertiary/aromatic N) is 3. The van der Waals surface area contributed by atoms with Crippen LogP contribution in [-0.2, 0) is 32.6 Å². The lowest BCUT2D eigenvalue weighted by molar-refractivity contribution is 0.0181. The third kappa shape index (κ3) is 7.43. The highest BCUT2D eigenvalue weighted by molar-refractivity contribution is 7.88. The summed E-state index contributed by atoms with van der Waals surface area (Å²) in [4.78, 5) is 19.2. The van der Waals surface area contributed by atoms with Crippen molar-refractivity contribution in [1.29, 1.82) is 0 Å². The number of likely N-dealkylation sites (tertiary alicyclic amines) is 1. The zero-order chi connectivity index (χ0) is 24.9. The van der Waals surface area contributed by atoms with E-state index >= 15 is 0 Å². The van der Waals surface area contributed by atoms with Gasteiger partial charge in [0.1, 0.15) is 12.7 Å². The van der Waals surface area contributed by atoms with Gasteiger partial charge in [-0.3, -0.25) is 0 Å². The molecule has 1 fully saturated rings. The molecule has 1 saturated heterocycles. The molecule has 0 unspecified atom stereocenters. The molecule has 3 rings (SSSR count). The number of sulfonamides is 1. The topological polar surface area (TPSA) is 88.5 Å². The molecule has 34 heavy (non-hydrogen) atoms. The lowest BCUT2D eigenvalue weighted by atomic mass is 9.90. The molecule has 2 heterocycles. The number of hydrogen-bond acceptors (Lipinski definition) is 6. The average molecular weight is 494 g/mol. The summed E-state index contributed by atoms with van der Waals surface area (Å²) in [5.74, 6) is 0.591. The van der Waals surface area contributed by atoms with Gasteiger partial charge in [0.2, 0.25) is 10.0 Å². The number of ether oxygens (including phenoxy) is 1. The highest BCUT2D eigenvalue weighted by Crippen LogP contribution is 2.26. The largest absolute Gasteiger partial charge is 0.444 e. The Bertz CT molecular complexity index is 992. The van der Waals surface area contributed by atoms with E-state index < -0.39 is 15.6 Å². The number of hydrogen-bond donors (Lipinski definition) is 0. The Kier molecular flexibility index (Phi) is 8.62. The first-order chi connectivity index (χ1) is 16.0. The van der Waals surface area contributed by atoms with Crippen LogP contribution in [-0.4, -0.2) is 68.0 Å². The van der Waals surface area contributed by atoms with Crippen LogP contribution in [0.5, 0.6) is 0 Å². The maximum atomic E-state index is 12.3. The summed E-state index contributed by atoms with van der Waals surface area (Å²) in [5, 5.41) is 4.29. The molecule has 1 amide bonds. The second kappa shape index (κ2) is 11.1. The van der Waals surface area contributed by atoms with Crippen molar-refractivity contribution in [3.63, 3.8) is 0 Å². The van der Waals surface area contributed by atoms with Crippen LogP contribution in [0.2, 0.25) is 0 Å². The molecular formula is C25H39N3O5S. The fraction of sp³-hybridized carbons (Fsp3) is 0.680. The minimum Gasteiger partial charge on any atom is -0.444 e. The van der Waals surface area contributed by atoms with Crippen molar-refractivity contribution in [2.75, 3.05) is 33.0 Å². The monoisotopic (exact) mass is 493 g/mol. The molecule has 8 nitrogen and oxygen atoms in total. The van der Waals surface area contributed by atoms with Gasteiger partial charge < -0.3 is 14.5 Å². The number of oxime groups is 1. The van der Waals surface area contributed by atoms with E-state index in [2.05, 4.69) is 11.2 Å². The molecule has 2 aliphatic heterocycles. The summed E-state index contributed by atoms with van der Waals surface area (Å²) < 4.78 is 30.8. The molecule has 9 heteroatoms. The number of carbonyl (C=O) groups is 1. The van der Waals surface area contributed by atoms with Crippen LogP contribution in [0.15, 0.2) is 23.4 Å². The van der Waals surface area contributed by atoms with Gasteiger partial charge in [0.25, 0.3) is 0 Å². The van der Waals surface area contributed by atoms with E-state index in [1.54, 1.807) is 7.11 Å². The number of benzene rings is 1. The Balaban J connectivity index is 1.51. The molecular weight excluding hydrogens is 454 g/mol. The minimum absolute atomic E-state index is 0.215. The van der Waals surface area contributed by atoms with E-state index in [1.165, 1.54) is 16.1 Å². The first-order valence-electron chi connectivity index (χ1n) is 12.1. The van der Waals surface area contributed by atoms with Crippen LogP contribution >= 0.6 is 0 Å². The van der Waals surface area contributed by atoms with E-state index in [0.717, 1.165) is 62.0 Å². The van der Waals surface area contributed by atoms with Crippen LogP contribution in [0, 0.1) is 5.92 Å². The van der Waals surface area contributed by atoms with Gasteiger partial charge in [-0.1, -0.05) is 17.3 Å². The van der Waals surface area contributed by atoms with Crippen LogP contribution in [0.1, 0.15) is 69.6 Å². The average Bonchev–Trinajstić information content (AvgIpc) is 2.76. The van der Waals surface area contributed by atoms with E-state index in [-0.39, 0.29) is 6.09 Å². The van der Waals surface area contributed by atoms with Gasteiger partial charge in [0.15, 0.2) is 0 Å². The molecule has 0 N–H and O–H groups in total. The quantitative estimate of drug-likeness (QED) is 0.420. The minimum atomic E-state index is -3.18. The summed E-state index contributed by atoms with van der Waals surface area (Å²) in [5.41, 5.74) is 3.72. The zero-order valence-corrected chi connectivity index (χ0v) is 22.0. The van der Waals surface area contributed by atoms with Crippen LogP contribution in [0.25, 0.3) is 0 Å². The molecule has 0 atom stereocenters. The van der Waals surface area contributed by atoms with Crippen LogP contribution < -0.4 is 0 Å². The molecule has 190 valence electrons. The zero-order valence-electron chi connectivity index (χ0n) is 21.2. The van der Waals surface area contributed by atoms with Crippen molar-refractivity contribution >= 4 is 21.8 Å². The van der Waals surface area contributed by atoms with Gasteiger partial charge in [-0.25, -0.2) is 13.2 Å². The lowest BCUT2D eigenvalue weighted by Crippen LogP contribution is -2.41. The van der Waals surface area contributed by atoms with Crippen molar-refractivity contribution in [3.8, 4) is 0 Å². The molecule has 0 bridgehead atoms. The summed E-state index contributed by atoms with van der Waals surface area (Å²) in [6, 6.07) is 6.16. The van der Waals surface area contributed by atoms with Crippen molar-refractivity contribution < 1.29 is 22.8 Å². The predicted molar refractivity (Wildman–Crippen MR) is 133 cm³/mol. The molecule has 2 aliphatic rings. The molecule has 1 aromatic rings. The lowest BCUT2D eigenvalue weighted by Gasteiger charge is -2.33. The highest BCUT2D eigenvalue weighted by atomic mass is 32.2. The predicted octanol–water partition coefficient (Wildman–Crippen LogP) is 4.17. The number of amides is 1. The Morgan fingerprint density at radius 1 is 1.15 bits per heavy atom. The fourth-order valence-electron chi connectivity index (χ4n) is 4.63. The van der Waals surface area contributed by atoms with Crippen molar-refractivity contribution in [2.45, 2.75) is 71.4 Å². The summed E-state index contributed by atoms with van der Waals surface area (Å²) >= 11 is 0. The summed E-state index contributed by atoms with van der Waals surface area (Å²) in [6.07, 6.45) is 6.62. The maximum absolute atomic E-state index is 12.3. The van der Waals surface area contributed by atoms with Gasteiger partial charge in [-0.2, -0.15) is 4.31 Å². The third-order valence-electron chi connectivity index (χ3n) is 6.48. The smallest absolute Gasteiger partial charge is 0.410 e. The Morgan fingerprint density at radius 2 is 1.85 bits per heavy atom. The van der Waals surface area contributed by atoms with Crippen molar-refractivity contribution in [1.82, 2.24) is 9.21 Å². The van der Waals surface area contributed by atoms with Crippen LogP contribution in [0.4, 0.5) is 4.79 Å². The van der Waals surface area contributed by atoms with E-state index in [4.69, 9.17) is 9.57 Å². The van der Waals surface area contributed by atoms with Crippen molar-refractivity contribution in [3.05, 3.63) is 34.9 Å². The molecule has 0 spiro atoms. The SMILES string of the molecule is CON=C(CCCC1CCN(C(=O)OC(C)(C)C)CC1)c1ccc2c(c1)CCN(S(C)(=O)=O)C2. The second-order valence-electron chi connectivity index (χ2n) is 10.4. The number of rotatable bonds is 7. The highest BCUT2D eigenvalue weighted by Gasteiger charge is 2.27. The summed E-state index contributed by atoms with van der Waals surface area (Å²) in [6.45, 7) is 8.10. The van der Waals surface area contributed by atoms with Crippen molar-refractivity contribution in [2.24, 2.45) is 11.1 Å². The fourth-order valence-corrected chi connectivity index (χ4v) is 5.43. The maximum Gasteiger partial charge on any atom is 0.410 e. The Hall–Kier alpha value is -2.13. The second-order valence-corrected chi connectivity index (χ2v) is 12.3. The van der Waals surface area contributed by atoms with E-state index in [9.17, 15) is 13.2 Å². The van der Waals surface area contributed by atoms with Crippen LogP contribution in [0.3, 0.4) is 0 Å². The van der Waals surface area contributed by atoms with E-state index in [1.807, 2.05) is 37.8 Å². The number of piperidine rings is 1. The third-order valence-corrected chi connectivity index (χ3v) is 7.73. The van der Waals surface area contributed by atoms with Gasteiger partial charge >= 0.3 is 6.09 Å². The normalized spacial score (nSPS) is 18.5. The summed E-state index contributed by atoms with van der Waals surface area (Å²) in [7, 11) is -1.62. The Labute approximate surface area is 204 Å². The standard InChI is InChI=1S/C25H39N3O5S/c1-25(2,3)33-24(29)27-14-11-19(12-15-27)7-6-8-23(26-32-4)21-9-10-22-18-28(34(5,30)31)16-13-20(22)17-21/h9-10,17,19H,6-8,11-16,18H2,1-5H3. The van der Waals surface area contributed by atoms with E-state index in [0.29, 0.717) is 25.4 Å². The molecule has 1 aromatic carbocycles. The van der Waals surface area contributed by atoms with Gasteiger partial charge in [0, 0.05) is 26.2 Å². The molecule has 0 aliphatic carbocycles. The van der Waals surface area contributed by atoms with Gasteiger partial charge in [-0.05, 0) is 88.0 Å². The Morgan fingerprint density at radius 3 is 2.47 bits per heavy atom.